The minimum Gasteiger partial charge on any atom is -0.345 e. The van der Waals surface area contributed by atoms with Crippen LogP contribution in [0.2, 0.25) is 0 Å². The molecule has 0 atom stereocenters. The van der Waals surface area contributed by atoms with E-state index in [-0.39, 0.29) is 5.91 Å². The van der Waals surface area contributed by atoms with Crippen LogP contribution in [0.3, 0.4) is 0 Å². The number of rotatable bonds is 4. The van der Waals surface area contributed by atoms with E-state index < -0.39 is 0 Å². The van der Waals surface area contributed by atoms with Crippen LogP contribution in [0.15, 0.2) is 42.5 Å². The van der Waals surface area contributed by atoms with Crippen molar-refractivity contribution in [1.82, 2.24) is 20.2 Å². The number of carbonyl (C=O) groups excluding carboxylic acids is 1. The number of hydrogen-bond donors (Lipinski definition) is 2. The zero-order valence-electron chi connectivity index (χ0n) is 16.7. The molecule has 2 aromatic carbocycles. The highest BCUT2D eigenvalue weighted by molar-refractivity contribution is 6.01. The third-order valence-corrected chi connectivity index (χ3v) is 5.67. The summed E-state index contributed by atoms with van der Waals surface area (Å²) in [7, 11) is 1.98. The van der Waals surface area contributed by atoms with Crippen LogP contribution in [0.1, 0.15) is 39.6 Å². The average Bonchev–Trinajstić information content (AvgIpc) is 2.98. The van der Waals surface area contributed by atoms with E-state index in [1.807, 2.05) is 37.6 Å². The van der Waals surface area contributed by atoms with E-state index in [0.717, 1.165) is 42.1 Å². The van der Waals surface area contributed by atoms with Crippen molar-refractivity contribution in [2.24, 2.45) is 7.05 Å². The number of nitrogens with zero attached hydrogens (tertiary/aromatic N) is 2. The molecule has 2 heterocycles. The lowest BCUT2D eigenvalue weighted by Crippen LogP contribution is -2.24. The summed E-state index contributed by atoms with van der Waals surface area (Å²) < 4.78 is 2.02. The Hall–Kier alpha value is -2.92. The fourth-order valence-electron chi connectivity index (χ4n) is 3.78. The second-order valence-corrected chi connectivity index (χ2v) is 7.37. The summed E-state index contributed by atoms with van der Waals surface area (Å²) in [5.41, 5.74) is 5.44. The van der Waals surface area contributed by atoms with E-state index >= 15 is 0 Å². The van der Waals surface area contributed by atoms with Gasteiger partial charge in [-0.1, -0.05) is 30.3 Å². The molecule has 5 nitrogen and oxygen atoms in total. The zero-order chi connectivity index (χ0) is 19.7. The molecule has 2 N–H and O–H groups in total. The standard InChI is InChI=1S/C23H26N4O/c1-15-16(2)27(3)22(26-15)14-25-23(28)19-7-8-21-18(13-19)5-4-6-20(21)17-9-11-24-12-10-17/h4-9,13,24H,10-12,14H2,1-3H3,(H,25,28). The highest BCUT2D eigenvalue weighted by Crippen LogP contribution is 2.28. The first-order valence-electron chi connectivity index (χ1n) is 9.74. The van der Waals surface area contributed by atoms with Gasteiger partial charge in [0.15, 0.2) is 0 Å². The summed E-state index contributed by atoms with van der Waals surface area (Å²) >= 11 is 0. The molecule has 1 aliphatic rings. The lowest BCUT2D eigenvalue weighted by atomic mass is 9.94. The van der Waals surface area contributed by atoms with Gasteiger partial charge in [-0.25, -0.2) is 4.98 Å². The summed E-state index contributed by atoms with van der Waals surface area (Å²) in [5, 5.41) is 8.64. The number of benzene rings is 2. The predicted molar refractivity (Wildman–Crippen MR) is 113 cm³/mol. The van der Waals surface area contributed by atoms with Crippen LogP contribution in [0.5, 0.6) is 0 Å². The maximum atomic E-state index is 12.7. The largest absolute Gasteiger partial charge is 0.345 e. The van der Waals surface area contributed by atoms with Crippen LogP contribution < -0.4 is 10.6 Å². The van der Waals surface area contributed by atoms with Gasteiger partial charge >= 0.3 is 0 Å². The lowest BCUT2D eigenvalue weighted by molar-refractivity contribution is 0.0949. The predicted octanol–water partition coefficient (Wildman–Crippen LogP) is 3.50. The first-order valence-corrected chi connectivity index (χ1v) is 9.74. The summed E-state index contributed by atoms with van der Waals surface area (Å²) in [5.74, 6) is 0.788. The van der Waals surface area contributed by atoms with Crippen molar-refractivity contribution in [1.29, 1.82) is 0 Å². The van der Waals surface area contributed by atoms with E-state index in [1.165, 1.54) is 16.5 Å². The van der Waals surface area contributed by atoms with E-state index in [9.17, 15) is 4.79 Å². The molecule has 5 heteroatoms. The van der Waals surface area contributed by atoms with Crippen LogP contribution in [-0.4, -0.2) is 28.5 Å². The summed E-state index contributed by atoms with van der Waals surface area (Å²) in [6, 6.07) is 12.3. The number of carbonyl (C=O) groups is 1. The first-order chi connectivity index (χ1) is 13.5. The van der Waals surface area contributed by atoms with Crippen LogP contribution in [0.4, 0.5) is 0 Å². The van der Waals surface area contributed by atoms with Gasteiger partial charge in [-0.05, 0) is 60.9 Å². The topological polar surface area (TPSA) is 59.0 Å². The second kappa shape index (κ2) is 7.60. The molecule has 0 radical (unpaired) electrons. The summed E-state index contributed by atoms with van der Waals surface area (Å²) in [6.45, 7) is 6.36. The molecule has 0 fully saturated rings. The number of nitrogens with one attached hydrogen (secondary N) is 2. The Morgan fingerprint density at radius 3 is 2.82 bits per heavy atom. The number of amides is 1. The molecule has 4 rings (SSSR count). The summed E-state index contributed by atoms with van der Waals surface area (Å²) in [4.78, 5) is 17.2. The number of aryl methyl sites for hydroxylation is 1. The molecule has 0 unspecified atom stereocenters. The molecule has 0 bridgehead atoms. The Morgan fingerprint density at radius 1 is 1.25 bits per heavy atom. The maximum Gasteiger partial charge on any atom is 0.251 e. The Bertz CT molecular complexity index is 1080. The number of fused-ring (bicyclic) bond motifs is 1. The smallest absolute Gasteiger partial charge is 0.251 e. The first kappa shape index (κ1) is 18.4. The van der Waals surface area contributed by atoms with Gasteiger partial charge in [0.2, 0.25) is 0 Å². The molecule has 144 valence electrons. The highest BCUT2D eigenvalue weighted by Gasteiger charge is 2.13. The SMILES string of the molecule is Cc1nc(CNC(=O)c2ccc3c(C4=CCNCC4)cccc3c2)n(C)c1C. The van der Waals surface area contributed by atoms with Crippen molar-refractivity contribution in [3.63, 3.8) is 0 Å². The third kappa shape index (κ3) is 3.45. The minimum absolute atomic E-state index is 0.0771. The number of aromatic nitrogens is 2. The van der Waals surface area contributed by atoms with Gasteiger partial charge in [0, 0.05) is 24.8 Å². The maximum absolute atomic E-state index is 12.7. The van der Waals surface area contributed by atoms with Gasteiger partial charge in [-0.3, -0.25) is 4.79 Å². The monoisotopic (exact) mass is 374 g/mol. The summed E-state index contributed by atoms with van der Waals surface area (Å²) in [6.07, 6.45) is 3.29. The van der Waals surface area contributed by atoms with Gasteiger partial charge in [-0.15, -0.1) is 0 Å². The Kier molecular flexibility index (Phi) is 5.01. The van der Waals surface area contributed by atoms with Crippen LogP contribution >= 0.6 is 0 Å². The number of hydrogen-bond acceptors (Lipinski definition) is 3. The van der Waals surface area contributed by atoms with Crippen molar-refractivity contribution in [3.8, 4) is 0 Å². The molecule has 28 heavy (non-hydrogen) atoms. The van der Waals surface area contributed by atoms with Gasteiger partial charge in [-0.2, -0.15) is 0 Å². The van der Waals surface area contributed by atoms with Crippen molar-refractivity contribution >= 4 is 22.3 Å². The second-order valence-electron chi connectivity index (χ2n) is 7.37. The fraction of sp³-hybridized carbons (Fsp3) is 0.304. The van der Waals surface area contributed by atoms with Crippen molar-refractivity contribution in [3.05, 3.63) is 70.8 Å². The molecule has 3 aromatic rings. The molecule has 1 aromatic heterocycles. The van der Waals surface area contributed by atoms with Gasteiger partial charge in [0.1, 0.15) is 5.82 Å². The Morgan fingerprint density at radius 2 is 2.11 bits per heavy atom. The minimum atomic E-state index is -0.0771. The van der Waals surface area contributed by atoms with Gasteiger partial charge in [0.05, 0.1) is 12.2 Å². The zero-order valence-corrected chi connectivity index (χ0v) is 16.7. The van der Waals surface area contributed by atoms with E-state index in [1.54, 1.807) is 0 Å². The number of imidazole rings is 1. The van der Waals surface area contributed by atoms with E-state index in [4.69, 9.17) is 0 Å². The normalized spacial score (nSPS) is 14.2. The molecule has 0 saturated carbocycles. The fourth-order valence-corrected chi connectivity index (χ4v) is 3.78. The van der Waals surface area contributed by atoms with Crippen LogP contribution in [0.25, 0.3) is 16.3 Å². The molecule has 0 saturated heterocycles. The lowest BCUT2D eigenvalue weighted by Gasteiger charge is -2.16. The highest BCUT2D eigenvalue weighted by atomic mass is 16.1. The van der Waals surface area contributed by atoms with Crippen molar-refractivity contribution in [2.75, 3.05) is 13.1 Å². The van der Waals surface area contributed by atoms with Crippen molar-refractivity contribution < 1.29 is 4.79 Å². The molecular weight excluding hydrogens is 348 g/mol. The van der Waals surface area contributed by atoms with Crippen LogP contribution in [0, 0.1) is 13.8 Å². The molecule has 0 aliphatic carbocycles. The Labute approximate surface area is 165 Å². The Balaban J connectivity index is 1.56. The quantitative estimate of drug-likeness (QED) is 0.735. The van der Waals surface area contributed by atoms with Gasteiger partial charge < -0.3 is 15.2 Å². The molecule has 1 amide bonds. The molecule has 1 aliphatic heterocycles. The molecular formula is C23H26N4O. The van der Waals surface area contributed by atoms with Gasteiger partial charge in [0.25, 0.3) is 5.91 Å². The van der Waals surface area contributed by atoms with E-state index in [2.05, 4.69) is 46.0 Å². The third-order valence-electron chi connectivity index (χ3n) is 5.67. The molecule has 0 spiro atoms. The van der Waals surface area contributed by atoms with Crippen LogP contribution in [-0.2, 0) is 13.6 Å². The van der Waals surface area contributed by atoms with E-state index in [0.29, 0.717) is 12.1 Å². The van der Waals surface area contributed by atoms with Crippen molar-refractivity contribution in [2.45, 2.75) is 26.8 Å². The average molecular weight is 374 g/mol.